The maximum Gasteiger partial charge on any atom is 0.262 e. The van der Waals surface area contributed by atoms with Crippen molar-refractivity contribution in [3.8, 4) is 11.6 Å². The van der Waals surface area contributed by atoms with E-state index in [1.165, 1.54) is 28.4 Å². The molecule has 29 heavy (non-hydrogen) atoms. The normalized spacial score (nSPS) is 10.8. The quantitative estimate of drug-likeness (QED) is 0.496. The number of benzene rings is 1. The standard InChI is InChI=1S/C20H15ClN4O3S/c21-13-1-4-15(5-2-13)28-18-6-3-14(11-22-18)24-17(26)7-9-25-12-23-19-16(20(25)27)8-10-29-19/h1-6,8,10-12H,7,9H2,(H,24,26). The molecule has 1 N–H and O–H groups in total. The highest BCUT2D eigenvalue weighted by atomic mass is 35.5. The summed E-state index contributed by atoms with van der Waals surface area (Å²) in [6.45, 7) is 0.245. The van der Waals surface area contributed by atoms with E-state index in [0.29, 0.717) is 32.6 Å². The molecular formula is C20H15ClN4O3S. The van der Waals surface area contributed by atoms with Gasteiger partial charge < -0.3 is 10.1 Å². The van der Waals surface area contributed by atoms with Crippen LogP contribution in [-0.2, 0) is 11.3 Å². The number of halogens is 1. The van der Waals surface area contributed by atoms with Crippen LogP contribution in [0, 0.1) is 0 Å². The number of nitrogens with zero attached hydrogens (tertiary/aromatic N) is 3. The summed E-state index contributed by atoms with van der Waals surface area (Å²) in [7, 11) is 0. The minimum Gasteiger partial charge on any atom is -0.439 e. The summed E-state index contributed by atoms with van der Waals surface area (Å²) in [5.41, 5.74) is 0.395. The lowest BCUT2D eigenvalue weighted by Crippen LogP contribution is -2.23. The van der Waals surface area contributed by atoms with Gasteiger partial charge in [0, 0.05) is 24.1 Å². The molecule has 0 saturated heterocycles. The van der Waals surface area contributed by atoms with Crippen molar-refractivity contribution in [1.29, 1.82) is 0 Å². The summed E-state index contributed by atoms with van der Waals surface area (Å²) >= 11 is 7.26. The second-order valence-corrected chi connectivity index (χ2v) is 7.45. The second-order valence-electron chi connectivity index (χ2n) is 6.12. The van der Waals surface area contributed by atoms with Crippen molar-refractivity contribution < 1.29 is 9.53 Å². The first kappa shape index (κ1) is 19.1. The van der Waals surface area contributed by atoms with Crippen molar-refractivity contribution in [2.24, 2.45) is 0 Å². The molecule has 4 aromatic rings. The number of aromatic nitrogens is 3. The fourth-order valence-electron chi connectivity index (χ4n) is 2.64. The number of anilines is 1. The van der Waals surface area contributed by atoms with Gasteiger partial charge >= 0.3 is 0 Å². The molecular weight excluding hydrogens is 412 g/mol. The number of carbonyl (C=O) groups excluding carboxylic acids is 1. The minimum atomic E-state index is -0.226. The van der Waals surface area contributed by atoms with Crippen LogP contribution in [0.4, 0.5) is 5.69 Å². The number of ether oxygens (including phenoxy) is 1. The van der Waals surface area contributed by atoms with E-state index in [0.717, 1.165) is 0 Å². The van der Waals surface area contributed by atoms with Gasteiger partial charge in [-0.2, -0.15) is 0 Å². The third-order valence-corrected chi connectivity index (χ3v) is 5.16. The molecule has 0 spiro atoms. The van der Waals surface area contributed by atoms with Crippen LogP contribution in [0.3, 0.4) is 0 Å². The molecule has 7 nitrogen and oxygen atoms in total. The molecule has 0 radical (unpaired) electrons. The summed E-state index contributed by atoms with van der Waals surface area (Å²) in [6, 6.07) is 12.0. The highest BCUT2D eigenvalue weighted by molar-refractivity contribution is 7.16. The molecule has 0 fully saturated rings. The number of hydrogen-bond acceptors (Lipinski definition) is 6. The highest BCUT2D eigenvalue weighted by Gasteiger charge is 2.08. The first-order valence-corrected chi connectivity index (χ1v) is 9.96. The van der Waals surface area contributed by atoms with Gasteiger partial charge in [-0.25, -0.2) is 9.97 Å². The molecule has 3 heterocycles. The number of hydrogen-bond donors (Lipinski definition) is 1. The number of nitrogens with one attached hydrogen (secondary N) is 1. The third-order valence-electron chi connectivity index (χ3n) is 4.09. The molecule has 0 aliphatic carbocycles. The van der Waals surface area contributed by atoms with E-state index in [9.17, 15) is 9.59 Å². The van der Waals surface area contributed by atoms with Crippen molar-refractivity contribution in [3.63, 3.8) is 0 Å². The number of fused-ring (bicyclic) bond motifs is 1. The largest absolute Gasteiger partial charge is 0.439 e. The molecule has 9 heteroatoms. The van der Waals surface area contributed by atoms with Crippen LogP contribution >= 0.6 is 22.9 Å². The molecule has 0 aliphatic heterocycles. The van der Waals surface area contributed by atoms with Gasteiger partial charge in [-0.3, -0.25) is 14.2 Å². The molecule has 146 valence electrons. The molecule has 0 unspecified atom stereocenters. The molecule has 3 aromatic heterocycles. The summed E-state index contributed by atoms with van der Waals surface area (Å²) < 4.78 is 7.05. The van der Waals surface area contributed by atoms with E-state index < -0.39 is 0 Å². The topological polar surface area (TPSA) is 86.1 Å². The first-order chi connectivity index (χ1) is 14.1. The predicted molar refractivity (Wildman–Crippen MR) is 113 cm³/mol. The number of aryl methyl sites for hydroxylation is 1. The van der Waals surface area contributed by atoms with Gasteiger partial charge in [-0.05, 0) is 41.8 Å². The van der Waals surface area contributed by atoms with Crippen molar-refractivity contribution in [1.82, 2.24) is 14.5 Å². The van der Waals surface area contributed by atoms with Crippen LogP contribution in [0.1, 0.15) is 6.42 Å². The fraction of sp³-hybridized carbons (Fsp3) is 0.100. The Bertz CT molecular complexity index is 1200. The number of carbonyl (C=O) groups is 1. The van der Waals surface area contributed by atoms with Gasteiger partial charge in [-0.15, -0.1) is 11.3 Å². The summed E-state index contributed by atoms with van der Waals surface area (Å²) in [5, 5.41) is 5.77. The van der Waals surface area contributed by atoms with Crippen LogP contribution in [0.5, 0.6) is 11.6 Å². The average molecular weight is 427 g/mol. The Kier molecular flexibility index (Phi) is 5.55. The zero-order chi connectivity index (χ0) is 20.2. The average Bonchev–Trinajstić information content (AvgIpc) is 3.20. The summed E-state index contributed by atoms with van der Waals surface area (Å²) in [5.74, 6) is 0.780. The SMILES string of the molecule is O=C(CCn1cnc2sccc2c1=O)Nc1ccc(Oc2ccc(Cl)cc2)nc1. The Morgan fingerprint density at radius 3 is 2.72 bits per heavy atom. The van der Waals surface area contributed by atoms with Gasteiger partial charge in [0.1, 0.15) is 10.6 Å². The van der Waals surface area contributed by atoms with Crippen molar-refractivity contribution >= 4 is 44.7 Å². The molecule has 0 bridgehead atoms. The smallest absolute Gasteiger partial charge is 0.262 e. The second kappa shape index (κ2) is 8.42. The molecule has 0 saturated carbocycles. The lowest BCUT2D eigenvalue weighted by Gasteiger charge is -2.08. The van der Waals surface area contributed by atoms with Gasteiger partial charge in [0.25, 0.3) is 5.56 Å². The zero-order valence-electron chi connectivity index (χ0n) is 15.0. The van der Waals surface area contributed by atoms with E-state index in [1.54, 1.807) is 42.5 Å². The van der Waals surface area contributed by atoms with E-state index in [-0.39, 0.29) is 24.4 Å². The molecule has 4 rings (SSSR count). The molecule has 0 aliphatic rings. The van der Waals surface area contributed by atoms with E-state index >= 15 is 0 Å². The van der Waals surface area contributed by atoms with Crippen LogP contribution < -0.4 is 15.6 Å². The van der Waals surface area contributed by atoms with Crippen LogP contribution in [0.25, 0.3) is 10.2 Å². The van der Waals surface area contributed by atoms with Crippen molar-refractivity contribution in [2.75, 3.05) is 5.32 Å². The Morgan fingerprint density at radius 2 is 1.97 bits per heavy atom. The Balaban J connectivity index is 1.33. The van der Waals surface area contributed by atoms with Crippen molar-refractivity contribution in [3.05, 3.63) is 75.7 Å². The van der Waals surface area contributed by atoms with E-state index in [2.05, 4.69) is 15.3 Å². The van der Waals surface area contributed by atoms with Gasteiger partial charge in [0.2, 0.25) is 11.8 Å². The van der Waals surface area contributed by atoms with Crippen LogP contribution in [0.15, 0.2) is 65.2 Å². The van der Waals surface area contributed by atoms with Gasteiger partial charge in [-0.1, -0.05) is 11.6 Å². The van der Waals surface area contributed by atoms with E-state index in [1.807, 2.05) is 5.38 Å². The lowest BCUT2D eigenvalue weighted by atomic mass is 10.3. The monoisotopic (exact) mass is 426 g/mol. The zero-order valence-corrected chi connectivity index (χ0v) is 16.6. The molecule has 1 aromatic carbocycles. The maximum atomic E-state index is 12.3. The molecule has 0 atom stereocenters. The Morgan fingerprint density at radius 1 is 1.14 bits per heavy atom. The summed E-state index contributed by atoms with van der Waals surface area (Å²) in [6.07, 6.45) is 3.12. The predicted octanol–water partition coefficient (Wildman–Crippen LogP) is 4.33. The van der Waals surface area contributed by atoms with Crippen LogP contribution in [-0.4, -0.2) is 20.4 Å². The number of thiophene rings is 1. The fourth-order valence-corrected chi connectivity index (χ4v) is 3.49. The maximum absolute atomic E-state index is 12.3. The molecule has 1 amide bonds. The first-order valence-electron chi connectivity index (χ1n) is 8.70. The Labute approximate surface area is 174 Å². The van der Waals surface area contributed by atoms with E-state index in [4.69, 9.17) is 16.3 Å². The minimum absolute atomic E-state index is 0.139. The number of amides is 1. The van der Waals surface area contributed by atoms with Gasteiger partial charge in [0.05, 0.1) is 23.6 Å². The van der Waals surface area contributed by atoms with Crippen LogP contribution in [0.2, 0.25) is 5.02 Å². The number of rotatable bonds is 6. The van der Waals surface area contributed by atoms with Crippen molar-refractivity contribution in [2.45, 2.75) is 13.0 Å². The van der Waals surface area contributed by atoms with Gasteiger partial charge in [0.15, 0.2) is 0 Å². The Hall–Kier alpha value is -3.23. The third kappa shape index (κ3) is 4.61. The lowest BCUT2D eigenvalue weighted by molar-refractivity contribution is -0.116. The number of pyridine rings is 1. The summed E-state index contributed by atoms with van der Waals surface area (Å²) in [4.78, 5) is 33.6. The highest BCUT2D eigenvalue weighted by Crippen LogP contribution is 2.22.